The summed E-state index contributed by atoms with van der Waals surface area (Å²) in [6.45, 7) is 6.31. The van der Waals surface area contributed by atoms with Gasteiger partial charge in [0.25, 0.3) is 0 Å². The molecular weight excluding hydrogens is 222 g/mol. The van der Waals surface area contributed by atoms with E-state index in [0.717, 1.165) is 17.1 Å². The Kier molecular flexibility index (Phi) is 3.56. The summed E-state index contributed by atoms with van der Waals surface area (Å²) >= 11 is 0. The van der Waals surface area contributed by atoms with Gasteiger partial charge in [0, 0.05) is 0 Å². The maximum Gasteiger partial charge on any atom is 0.150 e. The van der Waals surface area contributed by atoms with E-state index in [1.165, 1.54) is 5.56 Å². The van der Waals surface area contributed by atoms with Gasteiger partial charge in [0.1, 0.15) is 5.75 Å². The molecule has 18 heavy (non-hydrogen) atoms. The lowest BCUT2D eigenvalue weighted by molar-refractivity contribution is 0.483. The Morgan fingerprint density at radius 3 is 2.50 bits per heavy atom. The van der Waals surface area contributed by atoms with Crippen molar-refractivity contribution < 1.29 is 4.74 Å². The molecule has 2 nitrogen and oxygen atoms in total. The minimum absolute atomic E-state index is 0.489. The molecule has 0 unspecified atom stereocenters. The molecule has 0 spiro atoms. The Bertz CT molecular complexity index is 547. The van der Waals surface area contributed by atoms with Crippen molar-refractivity contribution in [3.05, 3.63) is 53.6 Å². The van der Waals surface area contributed by atoms with E-state index in [4.69, 9.17) is 10.5 Å². The lowest BCUT2D eigenvalue weighted by atomic mass is 10.0. The van der Waals surface area contributed by atoms with Crippen LogP contribution in [0.4, 0.5) is 5.69 Å². The number of hydrogen-bond acceptors (Lipinski definition) is 2. The van der Waals surface area contributed by atoms with Gasteiger partial charge >= 0.3 is 0 Å². The van der Waals surface area contributed by atoms with Crippen molar-refractivity contribution in [1.82, 2.24) is 0 Å². The summed E-state index contributed by atoms with van der Waals surface area (Å²) in [7, 11) is 0. The van der Waals surface area contributed by atoms with Gasteiger partial charge < -0.3 is 10.5 Å². The van der Waals surface area contributed by atoms with Crippen LogP contribution in [0.1, 0.15) is 30.9 Å². The van der Waals surface area contributed by atoms with Crippen LogP contribution in [0.15, 0.2) is 42.5 Å². The summed E-state index contributed by atoms with van der Waals surface area (Å²) in [5, 5.41) is 0. The van der Waals surface area contributed by atoms with Gasteiger partial charge in [-0.3, -0.25) is 0 Å². The van der Waals surface area contributed by atoms with E-state index in [1.807, 2.05) is 37.3 Å². The first-order chi connectivity index (χ1) is 8.58. The number of aryl methyl sites for hydroxylation is 1. The molecule has 94 valence electrons. The van der Waals surface area contributed by atoms with Gasteiger partial charge in [-0.05, 0) is 42.2 Å². The first-order valence-electron chi connectivity index (χ1n) is 6.21. The second-order valence-corrected chi connectivity index (χ2v) is 4.82. The molecule has 2 N–H and O–H groups in total. The largest absolute Gasteiger partial charge is 0.455 e. The van der Waals surface area contributed by atoms with E-state index < -0.39 is 0 Å². The Morgan fingerprint density at radius 1 is 1.06 bits per heavy atom. The van der Waals surface area contributed by atoms with E-state index in [9.17, 15) is 0 Å². The van der Waals surface area contributed by atoms with Crippen LogP contribution >= 0.6 is 0 Å². The fourth-order valence-corrected chi connectivity index (χ4v) is 1.81. The zero-order valence-electron chi connectivity index (χ0n) is 11.1. The molecule has 0 saturated carbocycles. The molecule has 0 aliphatic carbocycles. The summed E-state index contributed by atoms with van der Waals surface area (Å²) in [5.41, 5.74) is 9.00. The fourth-order valence-electron chi connectivity index (χ4n) is 1.81. The van der Waals surface area contributed by atoms with Crippen LogP contribution in [0, 0.1) is 6.92 Å². The Labute approximate surface area is 108 Å². The van der Waals surface area contributed by atoms with Crippen molar-refractivity contribution in [3.63, 3.8) is 0 Å². The summed E-state index contributed by atoms with van der Waals surface area (Å²) in [6.07, 6.45) is 0. The van der Waals surface area contributed by atoms with Gasteiger partial charge in [0.05, 0.1) is 5.69 Å². The van der Waals surface area contributed by atoms with Crippen molar-refractivity contribution in [2.75, 3.05) is 5.73 Å². The molecule has 0 radical (unpaired) electrons. The molecule has 2 heteroatoms. The quantitative estimate of drug-likeness (QED) is 0.803. The van der Waals surface area contributed by atoms with Gasteiger partial charge in [0.15, 0.2) is 5.75 Å². The minimum Gasteiger partial charge on any atom is -0.455 e. The van der Waals surface area contributed by atoms with Crippen LogP contribution in [0.5, 0.6) is 11.5 Å². The molecule has 0 amide bonds. The maximum absolute atomic E-state index is 6.00. The van der Waals surface area contributed by atoms with Crippen molar-refractivity contribution in [2.24, 2.45) is 0 Å². The molecule has 0 atom stereocenters. The lowest BCUT2D eigenvalue weighted by Gasteiger charge is -2.12. The SMILES string of the molecule is Cc1cccc(Oc2cccc(C(C)C)c2)c1N. The van der Waals surface area contributed by atoms with Gasteiger partial charge in [0.2, 0.25) is 0 Å². The predicted octanol–water partition coefficient (Wildman–Crippen LogP) is 4.49. The third-order valence-corrected chi connectivity index (χ3v) is 3.04. The monoisotopic (exact) mass is 241 g/mol. The summed E-state index contributed by atoms with van der Waals surface area (Å²) in [6, 6.07) is 14.0. The number of anilines is 1. The summed E-state index contributed by atoms with van der Waals surface area (Å²) < 4.78 is 5.86. The van der Waals surface area contributed by atoms with Crippen molar-refractivity contribution in [3.8, 4) is 11.5 Å². The maximum atomic E-state index is 6.00. The molecule has 0 fully saturated rings. The van der Waals surface area contributed by atoms with Crippen molar-refractivity contribution in [1.29, 1.82) is 0 Å². The normalized spacial score (nSPS) is 10.7. The second kappa shape index (κ2) is 5.13. The average Bonchev–Trinajstić information content (AvgIpc) is 2.35. The number of nitrogens with two attached hydrogens (primary N) is 1. The zero-order chi connectivity index (χ0) is 13.1. The first kappa shape index (κ1) is 12.5. The third-order valence-electron chi connectivity index (χ3n) is 3.04. The van der Waals surface area contributed by atoms with E-state index >= 15 is 0 Å². The number of hydrogen-bond donors (Lipinski definition) is 1. The van der Waals surface area contributed by atoms with Gasteiger partial charge in [-0.15, -0.1) is 0 Å². The average molecular weight is 241 g/mol. The van der Waals surface area contributed by atoms with Gasteiger partial charge in [-0.1, -0.05) is 38.1 Å². The molecule has 0 aliphatic rings. The molecular formula is C16H19NO. The molecule has 2 aromatic carbocycles. The van der Waals surface area contributed by atoms with E-state index in [2.05, 4.69) is 26.0 Å². The molecule has 2 rings (SSSR count). The smallest absolute Gasteiger partial charge is 0.150 e. The highest BCUT2D eigenvalue weighted by Gasteiger charge is 2.05. The fraction of sp³-hybridized carbons (Fsp3) is 0.250. The molecule has 0 aliphatic heterocycles. The molecule has 0 bridgehead atoms. The highest BCUT2D eigenvalue weighted by Crippen LogP contribution is 2.30. The number of nitrogen functional groups attached to an aromatic ring is 1. The zero-order valence-corrected chi connectivity index (χ0v) is 11.1. The Hall–Kier alpha value is -1.96. The molecule has 0 aromatic heterocycles. The van der Waals surface area contributed by atoms with Gasteiger partial charge in [-0.2, -0.15) is 0 Å². The Morgan fingerprint density at radius 2 is 1.78 bits per heavy atom. The molecule has 2 aromatic rings. The van der Waals surface area contributed by atoms with E-state index in [-0.39, 0.29) is 0 Å². The lowest BCUT2D eigenvalue weighted by Crippen LogP contribution is -1.95. The number of para-hydroxylation sites is 1. The molecule has 0 heterocycles. The number of benzene rings is 2. The van der Waals surface area contributed by atoms with Crippen LogP contribution in [-0.4, -0.2) is 0 Å². The van der Waals surface area contributed by atoms with Crippen molar-refractivity contribution in [2.45, 2.75) is 26.7 Å². The Balaban J connectivity index is 2.28. The number of ether oxygens (including phenoxy) is 1. The van der Waals surface area contributed by atoms with E-state index in [1.54, 1.807) is 0 Å². The van der Waals surface area contributed by atoms with Crippen LogP contribution < -0.4 is 10.5 Å². The van der Waals surface area contributed by atoms with E-state index in [0.29, 0.717) is 11.6 Å². The predicted molar refractivity (Wildman–Crippen MR) is 76.2 cm³/mol. The topological polar surface area (TPSA) is 35.2 Å². The third kappa shape index (κ3) is 2.65. The molecule has 0 saturated heterocycles. The summed E-state index contributed by atoms with van der Waals surface area (Å²) in [4.78, 5) is 0. The van der Waals surface area contributed by atoms with Gasteiger partial charge in [-0.25, -0.2) is 0 Å². The van der Waals surface area contributed by atoms with Crippen LogP contribution in [0.25, 0.3) is 0 Å². The van der Waals surface area contributed by atoms with Crippen LogP contribution in [-0.2, 0) is 0 Å². The van der Waals surface area contributed by atoms with Crippen molar-refractivity contribution >= 4 is 5.69 Å². The summed E-state index contributed by atoms with van der Waals surface area (Å²) in [5.74, 6) is 2.04. The second-order valence-electron chi connectivity index (χ2n) is 4.82. The van der Waals surface area contributed by atoms with Crippen LogP contribution in [0.2, 0.25) is 0 Å². The van der Waals surface area contributed by atoms with Crippen LogP contribution in [0.3, 0.4) is 0 Å². The highest BCUT2D eigenvalue weighted by molar-refractivity contribution is 5.59. The highest BCUT2D eigenvalue weighted by atomic mass is 16.5. The minimum atomic E-state index is 0.489. The first-order valence-corrected chi connectivity index (χ1v) is 6.21. The standard InChI is InChI=1S/C16H19NO/c1-11(2)13-7-5-8-14(10-13)18-15-9-4-6-12(3)16(15)17/h4-11H,17H2,1-3H3. The number of rotatable bonds is 3.